The first-order chi connectivity index (χ1) is 16.0. The highest BCUT2D eigenvalue weighted by atomic mass is 35.5. The van der Waals surface area contributed by atoms with Crippen LogP contribution < -0.4 is 16.4 Å². The molecule has 11 heteroatoms. The van der Waals surface area contributed by atoms with Crippen LogP contribution in [-0.4, -0.2) is 16.1 Å². The number of alkyl halides is 2. The Labute approximate surface area is 219 Å². The zero-order chi connectivity index (χ0) is 24.8. The SMILES string of the molecule is Nc1cc(F)ccc1NC(=O)c1cc(NC(=O)C2C(c3cc(Cl)cc(Cl)c3)C2(Cl)Cl)ccc1Cl. The molecule has 4 rings (SSSR count). The van der Waals surface area contributed by atoms with Crippen molar-refractivity contribution in [2.24, 2.45) is 5.92 Å². The number of benzene rings is 3. The Morgan fingerprint density at radius 3 is 2.24 bits per heavy atom. The van der Waals surface area contributed by atoms with Gasteiger partial charge in [0, 0.05) is 21.7 Å². The molecule has 0 bridgehead atoms. The van der Waals surface area contributed by atoms with E-state index in [2.05, 4.69) is 10.6 Å². The summed E-state index contributed by atoms with van der Waals surface area (Å²) >= 11 is 31.1. The van der Waals surface area contributed by atoms with Crippen LogP contribution >= 0.6 is 58.0 Å². The highest BCUT2D eigenvalue weighted by Gasteiger charge is 2.67. The summed E-state index contributed by atoms with van der Waals surface area (Å²) in [6.45, 7) is 0. The van der Waals surface area contributed by atoms with Crippen molar-refractivity contribution in [3.05, 3.63) is 86.6 Å². The molecule has 1 fully saturated rings. The minimum absolute atomic E-state index is 0.0513. The Morgan fingerprint density at radius 2 is 1.59 bits per heavy atom. The summed E-state index contributed by atoms with van der Waals surface area (Å²) in [4.78, 5) is 25.7. The first kappa shape index (κ1) is 24.9. The second-order valence-corrected chi connectivity index (χ2v) is 10.4. The molecule has 2 unspecified atom stereocenters. The predicted octanol–water partition coefficient (Wildman–Crippen LogP) is 7.15. The fourth-order valence-electron chi connectivity index (χ4n) is 3.66. The molecule has 0 heterocycles. The van der Waals surface area contributed by atoms with Crippen LogP contribution in [0.3, 0.4) is 0 Å². The summed E-state index contributed by atoms with van der Waals surface area (Å²) in [5, 5.41) is 6.20. The third-order valence-corrected chi connectivity index (χ3v) is 7.03. The molecule has 0 aliphatic heterocycles. The van der Waals surface area contributed by atoms with Crippen molar-refractivity contribution >= 4 is 86.9 Å². The number of amides is 2. The number of anilines is 3. The van der Waals surface area contributed by atoms with Gasteiger partial charge >= 0.3 is 0 Å². The molecule has 3 aromatic rings. The van der Waals surface area contributed by atoms with E-state index >= 15 is 0 Å². The lowest BCUT2D eigenvalue weighted by Crippen LogP contribution is -2.18. The van der Waals surface area contributed by atoms with Crippen LogP contribution in [0.25, 0.3) is 0 Å². The lowest BCUT2D eigenvalue weighted by molar-refractivity contribution is -0.117. The van der Waals surface area contributed by atoms with E-state index in [4.69, 9.17) is 63.7 Å². The summed E-state index contributed by atoms with van der Waals surface area (Å²) in [6, 6.07) is 12.8. The summed E-state index contributed by atoms with van der Waals surface area (Å²) in [6.07, 6.45) is 0. The number of nitrogens with one attached hydrogen (secondary N) is 2. The van der Waals surface area contributed by atoms with E-state index in [0.717, 1.165) is 12.1 Å². The minimum Gasteiger partial charge on any atom is -0.397 e. The fourth-order valence-corrected chi connectivity index (χ4v) is 5.23. The Balaban J connectivity index is 1.52. The van der Waals surface area contributed by atoms with Gasteiger partial charge in [-0.3, -0.25) is 9.59 Å². The highest BCUT2D eigenvalue weighted by Crippen LogP contribution is 2.65. The van der Waals surface area contributed by atoms with Crippen molar-refractivity contribution in [3.8, 4) is 0 Å². The van der Waals surface area contributed by atoms with Crippen LogP contribution in [-0.2, 0) is 4.79 Å². The average molecular weight is 562 g/mol. The average Bonchev–Trinajstić information content (AvgIpc) is 3.33. The molecule has 0 saturated heterocycles. The molecule has 4 N–H and O–H groups in total. The Morgan fingerprint density at radius 1 is 0.912 bits per heavy atom. The van der Waals surface area contributed by atoms with Gasteiger partial charge in [0.2, 0.25) is 5.91 Å². The van der Waals surface area contributed by atoms with Crippen LogP contribution in [0.5, 0.6) is 0 Å². The second kappa shape index (κ2) is 9.44. The van der Waals surface area contributed by atoms with Gasteiger partial charge < -0.3 is 16.4 Å². The first-order valence-corrected chi connectivity index (χ1v) is 11.7. The standard InChI is InChI=1S/C23H15Cl5FN3O2/c24-11-5-10(6-12(25)7-11)19-20(23(19,27)28)22(34)31-14-2-3-16(26)15(9-14)21(33)32-18-4-1-13(29)8-17(18)30/h1-9,19-20H,30H2,(H,31,34)(H,32,33). The van der Waals surface area contributed by atoms with E-state index in [0.29, 0.717) is 21.3 Å². The lowest BCUT2D eigenvalue weighted by Gasteiger charge is -2.11. The molecule has 2 atom stereocenters. The fraction of sp³-hybridized carbons (Fsp3) is 0.130. The summed E-state index contributed by atoms with van der Waals surface area (Å²) in [5.41, 5.74) is 7.01. The topological polar surface area (TPSA) is 84.2 Å². The van der Waals surface area contributed by atoms with Crippen molar-refractivity contribution in [1.29, 1.82) is 0 Å². The molecular weight excluding hydrogens is 547 g/mol. The van der Waals surface area contributed by atoms with Gasteiger partial charge in [-0.1, -0.05) is 34.8 Å². The van der Waals surface area contributed by atoms with Gasteiger partial charge in [-0.05, 0) is 60.2 Å². The predicted molar refractivity (Wildman–Crippen MR) is 136 cm³/mol. The van der Waals surface area contributed by atoms with Gasteiger partial charge in [0.15, 0.2) is 0 Å². The molecule has 176 valence electrons. The molecule has 5 nitrogen and oxygen atoms in total. The van der Waals surface area contributed by atoms with E-state index in [9.17, 15) is 14.0 Å². The minimum atomic E-state index is -1.36. The van der Waals surface area contributed by atoms with Crippen LogP contribution in [0.4, 0.5) is 21.5 Å². The van der Waals surface area contributed by atoms with Crippen molar-refractivity contribution in [3.63, 3.8) is 0 Å². The molecule has 1 aliphatic carbocycles. The van der Waals surface area contributed by atoms with Crippen molar-refractivity contribution < 1.29 is 14.0 Å². The monoisotopic (exact) mass is 559 g/mol. The molecule has 3 aromatic carbocycles. The lowest BCUT2D eigenvalue weighted by atomic mass is 10.1. The molecule has 0 radical (unpaired) electrons. The van der Waals surface area contributed by atoms with E-state index in [-0.39, 0.29) is 22.0 Å². The van der Waals surface area contributed by atoms with E-state index in [1.165, 1.54) is 24.3 Å². The molecular formula is C23H15Cl5FN3O2. The molecule has 34 heavy (non-hydrogen) atoms. The van der Waals surface area contributed by atoms with Gasteiger partial charge in [0.1, 0.15) is 10.2 Å². The van der Waals surface area contributed by atoms with Crippen molar-refractivity contribution in [2.45, 2.75) is 10.3 Å². The first-order valence-electron chi connectivity index (χ1n) is 9.78. The maximum Gasteiger partial charge on any atom is 0.257 e. The number of halogens is 6. The van der Waals surface area contributed by atoms with Crippen LogP contribution in [0, 0.1) is 11.7 Å². The number of carbonyl (C=O) groups excluding carboxylic acids is 2. The van der Waals surface area contributed by atoms with Crippen molar-refractivity contribution in [1.82, 2.24) is 0 Å². The quantitative estimate of drug-likeness (QED) is 0.229. The Kier molecular flexibility index (Phi) is 6.91. The molecule has 2 amide bonds. The third-order valence-electron chi connectivity index (χ3n) is 5.32. The Bertz CT molecular complexity index is 1300. The summed E-state index contributed by atoms with van der Waals surface area (Å²) in [7, 11) is 0. The summed E-state index contributed by atoms with van der Waals surface area (Å²) in [5.74, 6) is -2.89. The van der Waals surface area contributed by atoms with Gasteiger partial charge in [-0.2, -0.15) is 0 Å². The Hall–Kier alpha value is -2.22. The summed E-state index contributed by atoms with van der Waals surface area (Å²) < 4.78 is 11.9. The number of hydrogen-bond acceptors (Lipinski definition) is 3. The second-order valence-electron chi connectivity index (χ2n) is 7.70. The normalized spacial score (nSPS) is 18.3. The largest absolute Gasteiger partial charge is 0.397 e. The number of nitrogen functional groups attached to an aromatic ring is 1. The van der Waals surface area contributed by atoms with E-state index < -0.39 is 33.8 Å². The molecule has 0 spiro atoms. The highest BCUT2D eigenvalue weighted by molar-refractivity contribution is 6.53. The van der Waals surface area contributed by atoms with Crippen molar-refractivity contribution in [2.75, 3.05) is 16.4 Å². The number of nitrogens with two attached hydrogens (primary N) is 1. The van der Waals surface area contributed by atoms with E-state index in [1.54, 1.807) is 18.2 Å². The van der Waals surface area contributed by atoms with Gasteiger partial charge in [-0.25, -0.2) is 4.39 Å². The molecule has 0 aromatic heterocycles. The number of carbonyl (C=O) groups is 2. The smallest absolute Gasteiger partial charge is 0.257 e. The van der Waals surface area contributed by atoms with Gasteiger partial charge in [-0.15, -0.1) is 23.2 Å². The molecule has 1 saturated carbocycles. The van der Waals surface area contributed by atoms with Crippen LogP contribution in [0.15, 0.2) is 54.6 Å². The van der Waals surface area contributed by atoms with Gasteiger partial charge in [0.25, 0.3) is 5.91 Å². The van der Waals surface area contributed by atoms with E-state index in [1.807, 2.05) is 0 Å². The van der Waals surface area contributed by atoms with Crippen LogP contribution in [0.2, 0.25) is 15.1 Å². The zero-order valence-corrected chi connectivity index (χ0v) is 20.8. The number of hydrogen-bond donors (Lipinski definition) is 3. The zero-order valence-electron chi connectivity index (χ0n) is 17.0. The maximum atomic E-state index is 13.3. The molecule has 1 aliphatic rings. The van der Waals surface area contributed by atoms with Gasteiger partial charge in [0.05, 0.1) is 27.9 Å². The van der Waals surface area contributed by atoms with Crippen LogP contribution in [0.1, 0.15) is 21.8 Å². The maximum absolute atomic E-state index is 13.3. The number of rotatable bonds is 5. The third kappa shape index (κ3) is 5.07.